The molecular weight excluding hydrogens is 287 g/mol. The van der Waals surface area contributed by atoms with E-state index in [4.69, 9.17) is 5.11 Å². The molecule has 0 bridgehead atoms. The molecule has 3 N–H and O–H groups in total. The van der Waals surface area contributed by atoms with E-state index in [0.717, 1.165) is 23.4 Å². The smallest absolute Gasteiger partial charge is 0.374 e. The van der Waals surface area contributed by atoms with Crippen LogP contribution in [0.2, 0.25) is 0 Å². The lowest BCUT2D eigenvalue weighted by Gasteiger charge is -2.20. The van der Waals surface area contributed by atoms with Crippen molar-refractivity contribution in [3.8, 4) is 0 Å². The zero-order valence-electron chi connectivity index (χ0n) is 11.8. The number of aromatic nitrogens is 2. The highest BCUT2D eigenvalue weighted by Gasteiger charge is 2.20. The Bertz CT molecular complexity index is 721. The number of nitrogens with one attached hydrogen (secondary N) is 2. The van der Waals surface area contributed by atoms with Crippen molar-refractivity contribution in [2.24, 2.45) is 0 Å². The van der Waals surface area contributed by atoms with Gasteiger partial charge in [0.25, 0.3) is 0 Å². The Balaban J connectivity index is 1.88. The standard InChI is InChI=1S/C15H15FN4O2/c16-10-3-1-2-9(6-10)7-18-13-11-8-17-5-4-12(11)19-14(20-13)15(21)22/h1-3,6,17H,4-5,7-8H2,(H,21,22)(H,18,19,20). The van der Waals surface area contributed by atoms with Crippen molar-refractivity contribution in [2.75, 3.05) is 11.9 Å². The maximum Gasteiger partial charge on any atom is 0.374 e. The third kappa shape index (κ3) is 3.04. The van der Waals surface area contributed by atoms with Crippen LogP contribution in [0.4, 0.5) is 10.2 Å². The van der Waals surface area contributed by atoms with Gasteiger partial charge < -0.3 is 15.7 Å². The van der Waals surface area contributed by atoms with Crippen molar-refractivity contribution >= 4 is 11.8 Å². The van der Waals surface area contributed by atoms with Crippen molar-refractivity contribution < 1.29 is 14.3 Å². The van der Waals surface area contributed by atoms with Crippen molar-refractivity contribution in [3.63, 3.8) is 0 Å². The predicted octanol–water partition coefficient (Wildman–Crippen LogP) is 1.57. The zero-order chi connectivity index (χ0) is 15.5. The summed E-state index contributed by atoms with van der Waals surface area (Å²) in [6, 6.07) is 6.23. The molecule has 0 spiro atoms. The van der Waals surface area contributed by atoms with Crippen molar-refractivity contribution in [1.82, 2.24) is 15.3 Å². The normalized spacial score (nSPS) is 13.5. The molecule has 0 saturated heterocycles. The molecule has 1 aromatic carbocycles. The first-order valence-electron chi connectivity index (χ1n) is 6.95. The van der Waals surface area contributed by atoms with E-state index in [0.29, 0.717) is 25.3 Å². The Labute approximate surface area is 126 Å². The number of rotatable bonds is 4. The van der Waals surface area contributed by atoms with Gasteiger partial charge in [0.15, 0.2) is 0 Å². The number of aromatic carboxylic acids is 1. The van der Waals surface area contributed by atoms with Crippen LogP contribution in [0, 0.1) is 5.82 Å². The minimum absolute atomic E-state index is 0.220. The molecule has 0 aliphatic carbocycles. The van der Waals surface area contributed by atoms with Crippen LogP contribution >= 0.6 is 0 Å². The van der Waals surface area contributed by atoms with E-state index >= 15 is 0 Å². The van der Waals surface area contributed by atoms with Gasteiger partial charge in [-0.15, -0.1) is 0 Å². The second-order valence-electron chi connectivity index (χ2n) is 5.04. The van der Waals surface area contributed by atoms with Crippen LogP contribution in [0.1, 0.15) is 27.4 Å². The summed E-state index contributed by atoms with van der Waals surface area (Å²) in [5.41, 5.74) is 2.37. The number of hydrogen-bond acceptors (Lipinski definition) is 5. The molecule has 1 aliphatic rings. The van der Waals surface area contributed by atoms with E-state index in [9.17, 15) is 9.18 Å². The fourth-order valence-corrected chi connectivity index (χ4v) is 2.42. The molecule has 0 amide bonds. The summed E-state index contributed by atoms with van der Waals surface area (Å²) >= 11 is 0. The minimum atomic E-state index is -1.16. The van der Waals surface area contributed by atoms with E-state index in [1.165, 1.54) is 12.1 Å². The average molecular weight is 302 g/mol. The van der Waals surface area contributed by atoms with Gasteiger partial charge >= 0.3 is 5.97 Å². The van der Waals surface area contributed by atoms with Crippen molar-refractivity contribution in [3.05, 3.63) is 52.7 Å². The molecule has 114 valence electrons. The van der Waals surface area contributed by atoms with Crippen molar-refractivity contribution in [1.29, 1.82) is 0 Å². The molecule has 6 nitrogen and oxygen atoms in total. The number of benzene rings is 1. The molecule has 1 aromatic heterocycles. The van der Waals surface area contributed by atoms with Gasteiger partial charge in [0.05, 0.1) is 5.69 Å². The Morgan fingerprint density at radius 2 is 2.27 bits per heavy atom. The van der Waals surface area contributed by atoms with Crippen molar-refractivity contribution in [2.45, 2.75) is 19.5 Å². The second kappa shape index (κ2) is 6.07. The monoisotopic (exact) mass is 302 g/mol. The van der Waals surface area contributed by atoms with E-state index in [1.54, 1.807) is 12.1 Å². The lowest BCUT2D eigenvalue weighted by molar-refractivity contribution is 0.0683. The SMILES string of the molecule is O=C(O)c1nc2c(c(NCc3cccc(F)c3)n1)CNCC2. The lowest BCUT2D eigenvalue weighted by Crippen LogP contribution is -2.27. The third-order valence-electron chi connectivity index (χ3n) is 3.47. The Hall–Kier alpha value is -2.54. The van der Waals surface area contributed by atoms with Crippen LogP contribution in [0.5, 0.6) is 0 Å². The summed E-state index contributed by atoms with van der Waals surface area (Å²) in [7, 11) is 0. The highest BCUT2D eigenvalue weighted by molar-refractivity contribution is 5.83. The van der Waals surface area contributed by atoms with Crippen LogP contribution < -0.4 is 10.6 Å². The molecule has 2 aromatic rings. The van der Waals surface area contributed by atoms with Crippen LogP contribution in [0.3, 0.4) is 0 Å². The molecule has 3 rings (SSSR count). The highest BCUT2D eigenvalue weighted by Crippen LogP contribution is 2.21. The Morgan fingerprint density at radius 1 is 1.41 bits per heavy atom. The molecule has 22 heavy (non-hydrogen) atoms. The quantitative estimate of drug-likeness (QED) is 0.795. The van der Waals surface area contributed by atoms with Gasteiger partial charge in [-0.2, -0.15) is 0 Å². The number of hydrogen-bond donors (Lipinski definition) is 3. The molecule has 2 heterocycles. The number of carboxylic acids is 1. The largest absolute Gasteiger partial charge is 0.475 e. The number of carboxylic acid groups (broad SMARTS) is 1. The first-order chi connectivity index (χ1) is 10.6. The predicted molar refractivity (Wildman–Crippen MR) is 78.1 cm³/mol. The molecule has 0 unspecified atom stereocenters. The summed E-state index contributed by atoms with van der Waals surface area (Å²) in [6.07, 6.45) is 0.660. The van der Waals surface area contributed by atoms with Gasteiger partial charge in [0, 0.05) is 31.6 Å². The fraction of sp³-hybridized carbons (Fsp3) is 0.267. The first kappa shape index (κ1) is 14.4. The summed E-state index contributed by atoms with van der Waals surface area (Å²) in [6.45, 7) is 1.70. The molecule has 0 radical (unpaired) electrons. The molecule has 0 atom stereocenters. The van der Waals surface area contributed by atoms with Gasteiger partial charge in [0.2, 0.25) is 5.82 Å². The van der Waals surface area contributed by atoms with Crippen LogP contribution in [0.15, 0.2) is 24.3 Å². The van der Waals surface area contributed by atoms with Crippen LogP contribution in [0.25, 0.3) is 0 Å². The minimum Gasteiger partial charge on any atom is -0.475 e. The Kier molecular flexibility index (Phi) is 3.97. The molecular formula is C15H15FN4O2. The lowest BCUT2D eigenvalue weighted by atomic mass is 10.1. The summed E-state index contributed by atoms with van der Waals surface area (Å²) in [5.74, 6) is -1.20. The van der Waals surface area contributed by atoms with Gasteiger partial charge in [-0.05, 0) is 17.7 Å². The van der Waals surface area contributed by atoms with Gasteiger partial charge in [-0.1, -0.05) is 12.1 Å². The first-order valence-corrected chi connectivity index (χ1v) is 6.95. The number of nitrogens with zero attached hydrogens (tertiary/aromatic N) is 2. The second-order valence-corrected chi connectivity index (χ2v) is 5.04. The highest BCUT2D eigenvalue weighted by atomic mass is 19.1. The van der Waals surface area contributed by atoms with E-state index in [-0.39, 0.29) is 11.6 Å². The van der Waals surface area contributed by atoms with Gasteiger partial charge in [-0.3, -0.25) is 0 Å². The van der Waals surface area contributed by atoms with E-state index in [1.807, 2.05) is 0 Å². The molecule has 0 fully saturated rings. The summed E-state index contributed by atoms with van der Waals surface area (Å²) in [4.78, 5) is 19.3. The number of halogens is 1. The van der Waals surface area contributed by atoms with E-state index < -0.39 is 5.97 Å². The molecule has 1 aliphatic heterocycles. The van der Waals surface area contributed by atoms with Gasteiger partial charge in [0.1, 0.15) is 11.6 Å². The van der Waals surface area contributed by atoms with E-state index in [2.05, 4.69) is 20.6 Å². The average Bonchev–Trinajstić information content (AvgIpc) is 2.52. The number of anilines is 1. The summed E-state index contributed by atoms with van der Waals surface area (Å²) < 4.78 is 13.2. The van der Waals surface area contributed by atoms with Crippen LogP contribution in [-0.4, -0.2) is 27.6 Å². The topological polar surface area (TPSA) is 87.1 Å². The third-order valence-corrected chi connectivity index (χ3v) is 3.47. The Morgan fingerprint density at radius 3 is 3.05 bits per heavy atom. The molecule has 7 heteroatoms. The number of carbonyl (C=O) groups is 1. The number of fused-ring (bicyclic) bond motifs is 1. The summed E-state index contributed by atoms with van der Waals surface area (Å²) in [5, 5.41) is 15.4. The maximum atomic E-state index is 13.2. The maximum absolute atomic E-state index is 13.2. The zero-order valence-corrected chi connectivity index (χ0v) is 11.8. The fourth-order valence-electron chi connectivity index (χ4n) is 2.42. The van der Waals surface area contributed by atoms with Gasteiger partial charge in [-0.25, -0.2) is 19.2 Å². The molecule has 0 saturated carbocycles. The van der Waals surface area contributed by atoms with Crippen LogP contribution in [-0.2, 0) is 19.5 Å².